The summed E-state index contributed by atoms with van der Waals surface area (Å²) in [6.07, 6.45) is 4.48. The van der Waals surface area contributed by atoms with Gasteiger partial charge in [0.25, 0.3) is 0 Å². The van der Waals surface area contributed by atoms with Crippen LogP contribution in [-0.2, 0) is 9.59 Å². The van der Waals surface area contributed by atoms with Crippen LogP contribution in [0.2, 0.25) is 0 Å². The van der Waals surface area contributed by atoms with Gasteiger partial charge in [0.15, 0.2) is 0 Å². The monoisotopic (exact) mass is 211 g/mol. The summed E-state index contributed by atoms with van der Waals surface area (Å²) in [5.41, 5.74) is -1.09. The van der Waals surface area contributed by atoms with E-state index in [0.717, 1.165) is 12.3 Å². The molecule has 0 aromatic heterocycles. The van der Waals surface area contributed by atoms with Crippen molar-refractivity contribution in [2.75, 3.05) is 0 Å². The van der Waals surface area contributed by atoms with E-state index in [9.17, 15) is 9.59 Å². The molecule has 0 saturated heterocycles. The van der Waals surface area contributed by atoms with E-state index in [2.05, 4.69) is 5.32 Å². The molecule has 2 rings (SSSR count). The molecule has 0 spiro atoms. The highest BCUT2D eigenvalue weighted by atomic mass is 16.4. The molecule has 84 valence electrons. The molecule has 0 aliphatic heterocycles. The number of carbonyl (C=O) groups is 2. The highest BCUT2D eigenvalue weighted by Gasteiger charge is 2.57. The summed E-state index contributed by atoms with van der Waals surface area (Å²) in [6, 6.07) is 0.113. The molecule has 1 amide bonds. The topological polar surface area (TPSA) is 66.4 Å². The molecular formula is C11H17NO3. The molecule has 0 radical (unpaired) electrons. The van der Waals surface area contributed by atoms with Crippen molar-refractivity contribution >= 4 is 11.9 Å². The molecule has 2 aliphatic carbocycles. The van der Waals surface area contributed by atoms with Crippen molar-refractivity contribution in [2.45, 2.75) is 45.1 Å². The summed E-state index contributed by atoms with van der Waals surface area (Å²) in [5.74, 6) is -0.512. The summed E-state index contributed by atoms with van der Waals surface area (Å²) in [7, 11) is 0. The minimum atomic E-state index is -1.09. The maximum absolute atomic E-state index is 11.7. The average Bonchev–Trinajstić information content (AvgIpc) is 2.98. The molecule has 2 fully saturated rings. The van der Waals surface area contributed by atoms with Crippen LogP contribution in [0.5, 0.6) is 0 Å². The SMILES string of the molecule is CC(CC1CC1)NC(=O)C1(C(=O)O)CC1. The van der Waals surface area contributed by atoms with Crippen LogP contribution in [0.25, 0.3) is 0 Å². The Hall–Kier alpha value is -1.06. The second-order valence-electron chi connectivity index (χ2n) is 4.94. The van der Waals surface area contributed by atoms with Gasteiger partial charge in [-0.2, -0.15) is 0 Å². The maximum atomic E-state index is 11.7. The van der Waals surface area contributed by atoms with E-state index < -0.39 is 11.4 Å². The van der Waals surface area contributed by atoms with Gasteiger partial charge in [0.1, 0.15) is 5.41 Å². The van der Waals surface area contributed by atoms with Crippen molar-refractivity contribution < 1.29 is 14.7 Å². The van der Waals surface area contributed by atoms with Crippen molar-refractivity contribution in [3.8, 4) is 0 Å². The van der Waals surface area contributed by atoms with Crippen LogP contribution in [0.3, 0.4) is 0 Å². The van der Waals surface area contributed by atoms with Crippen molar-refractivity contribution in [1.29, 1.82) is 0 Å². The highest BCUT2D eigenvalue weighted by Crippen LogP contribution is 2.46. The lowest BCUT2D eigenvalue weighted by Crippen LogP contribution is -2.41. The number of aliphatic carboxylic acids is 1. The summed E-state index contributed by atoms with van der Waals surface area (Å²) >= 11 is 0. The van der Waals surface area contributed by atoms with Crippen LogP contribution in [0.15, 0.2) is 0 Å². The van der Waals surface area contributed by atoms with E-state index in [0.29, 0.717) is 12.8 Å². The summed E-state index contributed by atoms with van der Waals surface area (Å²) in [4.78, 5) is 22.6. The third-order valence-electron chi connectivity index (χ3n) is 3.36. The Bertz CT molecular complexity index is 292. The fourth-order valence-corrected chi connectivity index (χ4v) is 1.94. The van der Waals surface area contributed by atoms with E-state index >= 15 is 0 Å². The van der Waals surface area contributed by atoms with Gasteiger partial charge in [-0.25, -0.2) is 0 Å². The smallest absolute Gasteiger partial charge is 0.319 e. The van der Waals surface area contributed by atoms with Gasteiger partial charge in [-0.05, 0) is 32.1 Å². The quantitative estimate of drug-likeness (QED) is 0.670. The molecule has 4 nitrogen and oxygen atoms in total. The highest BCUT2D eigenvalue weighted by molar-refractivity contribution is 6.04. The van der Waals surface area contributed by atoms with E-state index in [1.54, 1.807) is 0 Å². The number of nitrogens with one attached hydrogen (secondary N) is 1. The Morgan fingerprint density at radius 2 is 2.07 bits per heavy atom. The second-order valence-corrected chi connectivity index (χ2v) is 4.94. The molecule has 0 aromatic rings. The first kappa shape index (κ1) is 10.5. The van der Waals surface area contributed by atoms with Crippen molar-refractivity contribution in [3.63, 3.8) is 0 Å². The predicted octanol–water partition coefficient (Wildman–Crippen LogP) is 1.16. The summed E-state index contributed by atoms with van der Waals surface area (Å²) in [5, 5.41) is 11.7. The zero-order chi connectivity index (χ0) is 11.1. The molecule has 4 heteroatoms. The van der Waals surface area contributed by atoms with E-state index in [4.69, 9.17) is 5.11 Å². The number of carboxylic acid groups (broad SMARTS) is 1. The van der Waals surface area contributed by atoms with Gasteiger partial charge in [0.2, 0.25) is 5.91 Å². The largest absolute Gasteiger partial charge is 0.480 e. The third kappa shape index (κ3) is 2.13. The summed E-state index contributed by atoms with van der Waals surface area (Å²) in [6.45, 7) is 1.95. The minimum Gasteiger partial charge on any atom is -0.480 e. The van der Waals surface area contributed by atoms with Gasteiger partial charge in [0, 0.05) is 6.04 Å². The molecule has 1 atom stereocenters. The Morgan fingerprint density at radius 1 is 1.47 bits per heavy atom. The predicted molar refractivity (Wildman–Crippen MR) is 54.2 cm³/mol. The molecule has 2 aliphatic rings. The van der Waals surface area contributed by atoms with E-state index in [-0.39, 0.29) is 11.9 Å². The second kappa shape index (κ2) is 3.51. The molecule has 2 saturated carbocycles. The van der Waals surface area contributed by atoms with Gasteiger partial charge in [-0.1, -0.05) is 12.8 Å². The lowest BCUT2D eigenvalue weighted by Gasteiger charge is -2.16. The minimum absolute atomic E-state index is 0.113. The van der Waals surface area contributed by atoms with Gasteiger partial charge in [-0.15, -0.1) is 0 Å². The van der Waals surface area contributed by atoms with Crippen LogP contribution in [-0.4, -0.2) is 23.0 Å². The number of carboxylic acids is 1. The number of hydrogen-bond donors (Lipinski definition) is 2. The van der Waals surface area contributed by atoms with Gasteiger partial charge in [-0.3, -0.25) is 9.59 Å². The Kier molecular flexibility index (Phi) is 2.44. The Balaban J connectivity index is 1.83. The number of amides is 1. The molecule has 0 heterocycles. The first-order valence-corrected chi connectivity index (χ1v) is 5.59. The fourth-order valence-electron chi connectivity index (χ4n) is 1.94. The molecule has 0 aromatic carbocycles. The van der Waals surface area contributed by atoms with Crippen LogP contribution >= 0.6 is 0 Å². The maximum Gasteiger partial charge on any atom is 0.319 e. The van der Waals surface area contributed by atoms with Gasteiger partial charge in [0.05, 0.1) is 0 Å². The van der Waals surface area contributed by atoms with Crippen molar-refractivity contribution in [2.24, 2.45) is 11.3 Å². The normalized spacial score (nSPS) is 24.3. The van der Waals surface area contributed by atoms with Gasteiger partial charge >= 0.3 is 5.97 Å². The summed E-state index contributed by atoms with van der Waals surface area (Å²) < 4.78 is 0. The first-order valence-electron chi connectivity index (χ1n) is 5.59. The van der Waals surface area contributed by atoms with Crippen LogP contribution in [0, 0.1) is 11.3 Å². The lowest BCUT2D eigenvalue weighted by atomic mass is 10.1. The van der Waals surface area contributed by atoms with Crippen molar-refractivity contribution in [3.05, 3.63) is 0 Å². The van der Waals surface area contributed by atoms with Crippen LogP contribution in [0.1, 0.15) is 39.0 Å². The molecule has 15 heavy (non-hydrogen) atoms. The zero-order valence-corrected chi connectivity index (χ0v) is 8.95. The van der Waals surface area contributed by atoms with Crippen LogP contribution < -0.4 is 5.32 Å². The standard InChI is InChI=1S/C11H17NO3/c1-7(6-8-2-3-8)12-9(13)11(4-5-11)10(14)15/h7-8H,2-6H2,1H3,(H,12,13)(H,14,15). The first-order chi connectivity index (χ1) is 7.04. The Labute approximate surface area is 89.0 Å². The Morgan fingerprint density at radius 3 is 2.47 bits per heavy atom. The third-order valence-corrected chi connectivity index (χ3v) is 3.36. The number of hydrogen-bond acceptors (Lipinski definition) is 2. The van der Waals surface area contributed by atoms with Crippen LogP contribution in [0.4, 0.5) is 0 Å². The fraction of sp³-hybridized carbons (Fsp3) is 0.818. The molecule has 1 unspecified atom stereocenters. The van der Waals surface area contributed by atoms with E-state index in [1.807, 2.05) is 6.92 Å². The average molecular weight is 211 g/mol. The van der Waals surface area contributed by atoms with E-state index in [1.165, 1.54) is 12.8 Å². The lowest BCUT2D eigenvalue weighted by molar-refractivity contribution is -0.149. The number of carbonyl (C=O) groups excluding carboxylic acids is 1. The molecule has 2 N–H and O–H groups in total. The molecule has 0 bridgehead atoms. The zero-order valence-electron chi connectivity index (χ0n) is 8.95. The number of rotatable bonds is 5. The van der Waals surface area contributed by atoms with Crippen molar-refractivity contribution in [1.82, 2.24) is 5.32 Å². The van der Waals surface area contributed by atoms with Gasteiger partial charge < -0.3 is 10.4 Å². The molecular weight excluding hydrogens is 194 g/mol.